The number of para-hydroxylation sites is 2. The second kappa shape index (κ2) is 8.53. The number of aryl methyl sites for hydroxylation is 2. The van der Waals surface area contributed by atoms with Crippen LogP contribution in [0.1, 0.15) is 24.8 Å². The van der Waals surface area contributed by atoms with Gasteiger partial charge in [-0.1, -0.05) is 18.2 Å². The smallest absolute Gasteiger partial charge is 0.419 e. The largest absolute Gasteiger partial charge is 0.489 e. The number of nitrogens with zero attached hydrogens (tertiary/aromatic N) is 1. The third kappa shape index (κ3) is 4.51. The lowest BCUT2D eigenvalue weighted by molar-refractivity contribution is -0.116. The van der Waals surface area contributed by atoms with Crippen LogP contribution in [-0.4, -0.2) is 29.8 Å². The van der Waals surface area contributed by atoms with E-state index in [0.29, 0.717) is 29.1 Å². The minimum atomic E-state index is -0.460. The van der Waals surface area contributed by atoms with E-state index in [-0.39, 0.29) is 25.0 Å². The van der Waals surface area contributed by atoms with Crippen LogP contribution in [0.4, 0.5) is 5.69 Å². The van der Waals surface area contributed by atoms with Gasteiger partial charge in [-0.05, 0) is 49.6 Å². The van der Waals surface area contributed by atoms with Gasteiger partial charge in [0, 0.05) is 19.6 Å². The van der Waals surface area contributed by atoms with Crippen molar-refractivity contribution < 1.29 is 18.7 Å². The van der Waals surface area contributed by atoms with Crippen LogP contribution in [0.25, 0.3) is 11.1 Å². The number of ether oxygens (including phenoxy) is 2. The fourth-order valence-electron chi connectivity index (χ4n) is 3.46. The fourth-order valence-corrected chi connectivity index (χ4v) is 3.46. The molecule has 29 heavy (non-hydrogen) atoms. The highest BCUT2D eigenvalue weighted by Crippen LogP contribution is 2.25. The summed E-state index contributed by atoms with van der Waals surface area (Å²) in [6.45, 7) is 3.41. The van der Waals surface area contributed by atoms with E-state index in [1.807, 2.05) is 37.3 Å². The molecular weight excluding hydrogens is 372 g/mol. The zero-order chi connectivity index (χ0) is 20.2. The Morgan fingerprint density at radius 3 is 2.97 bits per heavy atom. The molecule has 0 aliphatic carbocycles. The van der Waals surface area contributed by atoms with E-state index in [4.69, 9.17) is 13.9 Å². The van der Waals surface area contributed by atoms with Crippen molar-refractivity contribution in [3.63, 3.8) is 0 Å². The van der Waals surface area contributed by atoms with E-state index in [1.165, 1.54) is 4.57 Å². The van der Waals surface area contributed by atoms with Gasteiger partial charge in [-0.2, -0.15) is 0 Å². The first-order valence-electron chi connectivity index (χ1n) is 9.83. The molecule has 1 aliphatic heterocycles. The number of nitrogens with one attached hydrogen (secondary N) is 1. The molecule has 1 N–H and O–H groups in total. The van der Waals surface area contributed by atoms with Crippen LogP contribution < -0.4 is 15.8 Å². The molecule has 1 unspecified atom stereocenters. The molecule has 1 aromatic heterocycles. The summed E-state index contributed by atoms with van der Waals surface area (Å²) < 4.78 is 18.2. The summed E-state index contributed by atoms with van der Waals surface area (Å²) in [5.74, 6) is -0.0522. The van der Waals surface area contributed by atoms with Crippen LogP contribution in [0.3, 0.4) is 0 Å². The second-order valence-corrected chi connectivity index (χ2v) is 7.23. The summed E-state index contributed by atoms with van der Waals surface area (Å²) in [5, 5.41) is 2.88. The van der Waals surface area contributed by atoms with E-state index in [9.17, 15) is 9.59 Å². The second-order valence-electron chi connectivity index (χ2n) is 7.23. The maximum absolute atomic E-state index is 12.5. The molecule has 7 heteroatoms. The third-order valence-corrected chi connectivity index (χ3v) is 5.00. The van der Waals surface area contributed by atoms with Gasteiger partial charge in [0.1, 0.15) is 12.4 Å². The number of carbonyl (C=O) groups excluding carboxylic acids is 1. The number of fused-ring (bicyclic) bond motifs is 1. The van der Waals surface area contributed by atoms with Crippen molar-refractivity contribution in [2.75, 3.05) is 18.5 Å². The summed E-state index contributed by atoms with van der Waals surface area (Å²) in [6, 6.07) is 12.9. The Balaban J connectivity index is 1.40. The number of aromatic nitrogens is 1. The standard InChI is InChI=1S/C22H24N2O5/c1-15-8-9-20-18(13-15)24(22(26)29-20)11-10-21(25)23-17-6-2-3-7-19(17)28-14-16-5-4-12-27-16/h2-3,6-9,13,16H,4-5,10-12,14H2,1H3,(H,23,25). The van der Waals surface area contributed by atoms with Crippen LogP contribution in [0.15, 0.2) is 51.7 Å². The molecule has 0 bridgehead atoms. The minimum absolute atomic E-state index is 0.100. The number of amides is 1. The highest BCUT2D eigenvalue weighted by Gasteiger charge is 2.17. The average molecular weight is 396 g/mol. The summed E-state index contributed by atoms with van der Waals surface area (Å²) in [4.78, 5) is 24.6. The molecule has 1 saturated heterocycles. The SMILES string of the molecule is Cc1ccc2oc(=O)n(CCC(=O)Nc3ccccc3OCC3CCCO3)c2c1. The van der Waals surface area contributed by atoms with Gasteiger partial charge >= 0.3 is 5.76 Å². The molecule has 2 heterocycles. The highest BCUT2D eigenvalue weighted by atomic mass is 16.5. The zero-order valence-electron chi connectivity index (χ0n) is 16.3. The Bertz CT molecular complexity index is 1060. The maximum atomic E-state index is 12.5. The van der Waals surface area contributed by atoms with E-state index in [2.05, 4.69) is 5.32 Å². The molecule has 1 aliphatic rings. The first-order valence-corrected chi connectivity index (χ1v) is 9.83. The first-order chi connectivity index (χ1) is 14.1. The first kappa shape index (κ1) is 19.3. The van der Waals surface area contributed by atoms with Crippen molar-refractivity contribution in [3.8, 4) is 5.75 Å². The summed E-state index contributed by atoms with van der Waals surface area (Å²) in [5.41, 5.74) is 2.85. The molecule has 0 spiro atoms. The number of rotatable bonds is 7. The maximum Gasteiger partial charge on any atom is 0.419 e. The molecular formula is C22H24N2O5. The highest BCUT2D eigenvalue weighted by molar-refractivity contribution is 5.92. The Labute approximate surface area is 168 Å². The number of hydrogen-bond donors (Lipinski definition) is 1. The van der Waals surface area contributed by atoms with Crippen LogP contribution >= 0.6 is 0 Å². The summed E-state index contributed by atoms with van der Waals surface area (Å²) in [6.07, 6.45) is 2.28. The van der Waals surface area contributed by atoms with Crippen molar-refractivity contribution in [2.45, 2.75) is 38.8 Å². The van der Waals surface area contributed by atoms with Gasteiger partial charge < -0.3 is 19.2 Å². The quantitative estimate of drug-likeness (QED) is 0.661. The molecule has 0 radical (unpaired) electrons. The lowest BCUT2D eigenvalue weighted by atomic mass is 10.2. The molecule has 1 fully saturated rings. The molecule has 152 valence electrons. The predicted molar refractivity (Wildman–Crippen MR) is 109 cm³/mol. The Kier molecular flexibility index (Phi) is 5.67. The van der Waals surface area contributed by atoms with Gasteiger partial charge in [0.15, 0.2) is 5.58 Å². The van der Waals surface area contributed by atoms with Gasteiger partial charge in [-0.3, -0.25) is 9.36 Å². The fraction of sp³-hybridized carbons (Fsp3) is 0.364. The number of hydrogen-bond acceptors (Lipinski definition) is 5. The van der Waals surface area contributed by atoms with Crippen LogP contribution in [0, 0.1) is 6.92 Å². The van der Waals surface area contributed by atoms with E-state index in [1.54, 1.807) is 12.1 Å². The summed E-state index contributed by atoms with van der Waals surface area (Å²) >= 11 is 0. The van der Waals surface area contributed by atoms with Crippen LogP contribution in [-0.2, 0) is 16.1 Å². The molecule has 0 saturated carbocycles. The molecule has 2 aromatic carbocycles. The van der Waals surface area contributed by atoms with Crippen molar-refractivity contribution in [1.29, 1.82) is 0 Å². The monoisotopic (exact) mass is 396 g/mol. The van der Waals surface area contributed by atoms with Crippen LogP contribution in [0.5, 0.6) is 5.75 Å². The van der Waals surface area contributed by atoms with E-state index < -0.39 is 5.76 Å². The zero-order valence-corrected chi connectivity index (χ0v) is 16.3. The molecule has 3 aromatic rings. The van der Waals surface area contributed by atoms with Crippen molar-refractivity contribution >= 4 is 22.7 Å². The van der Waals surface area contributed by atoms with Crippen molar-refractivity contribution in [3.05, 3.63) is 58.6 Å². The molecule has 1 amide bonds. The molecule has 7 nitrogen and oxygen atoms in total. The van der Waals surface area contributed by atoms with E-state index >= 15 is 0 Å². The number of benzene rings is 2. The Morgan fingerprint density at radius 2 is 2.14 bits per heavy atom. The Morgan fingerprint density at radius 1 is 1.28 bits per heavy atom. The van der Waals surface area contributed by atoms with Crippen molar-refractivity contribution in [1.82, 2.24) is 4.57 Å². The van der Waals surface area contributed by atoms with Crippen LogP contribution in [0.2, 0.25) is 0 Å². The van der Waals surface area contributed by atoms with E-state index in [0.717, 1.165) is 25.0 Å². The lowest BCUT2D eigenvalue weighted by Crippen LogP contribution is -2.21. The average Bonchev–Trinajstić information content (AvgIpc) is 3.33. The van der Waals surface area contributed by atoms with Gasteiger partial charge in [-0.15, -0.1) is 0 Å². The number of anilines is 1. The van der Waals surface area contributed by atoms with Crippen molar-refractivity contribution in [2.24, 2.45) is 0 Å². The topological polar surface area (TPSA) is 82.7 Å². The van der Waals surface area contributed by atoms with Gasteiger partial charge in [0.25, 0.3) is 0 Å². The molecule has 1 atom stereocenters. The van der Waals surface area contributed by atoms with Gasteiger partial charge in [0.2, 0.25) is 5.91 Å². The Hall–Kier alpha value is -3.06. The third-order valence-electron chi connectivity index (χ3n) is 5.00. The number of carbonyl (C=O) groups is 1. The lowest BCUT2D eigenvalue weighted by Gasteiger charge is -2.15. The number of oxazole rings is 1. The normalized spacial score (nSPS) is 16.2. The van der Waals surface area contributed by atoms with Gasteiger partial charge in [-0.25, -0.2) is 4.79 Å². The predicted octanol–water partition coefficient (Wildman–Crippen LogP) is 3.49. The van der Waals surface area contributed by atoms with Gasteiger partial charge in [0.05, 0.1) is 17.3 Å². The summed E-state index contributed by atoms with van der Waals surface area (Å²) in [7, 11) is 0. The minimum Gasteiger partial charge on any atom is -0.489 e. The molecule has 4 rings (SSSR count).